The summed E-state index contributed by atoms with van der Waals surface area (Å²) in [5, 5.41) is 0. The fourth-order valence-corrected chi connectivity index (χ4v) is 1.78. The van der Waals surface area contributed by atoms with Crippen LogP contribution in [0.1, 0.15) is 25.5 Å². The van der Waals surface area contributed by atoms with E-state index in [1.807, 2.05) is 39.0 Å². The zero-order chi connectivity index (χ0) is 11.0. The van der Waals surface area contributed by atoms with Crippen molar-refractivity contribution in [1.82, 2.24) is 9.55 Å². The van der Waals surface area contributed by atoms with E-state index in [-0.39, 0.29) is 11.6 Å². The second-order valence-corrected chi connectivity index (χ2v) is 4.05. The molecule has 1 aromatic heterocycles. The van der Waals surface area contributed by atoms with Crippen LogP contribution in [0.5, 0.6) is 0 Å². The lowest BCUT2D eigenvalue weighted by Gasteiger charge is -2.12. The van der Waals surface area contributed by atoms with Gasteiger partial charge in [-0.15, -0.1) is 0 Å². The first-order valence-electron chi connectivity index (χ1n) is 5.07. The lowest BCUT2D eigenvalue weighted by atomic mass is 10.2. The Morgan fingerprint density at radius 3 is 2.73 bits per heavy atom. The first-order chi connectivity index (χ1) is 7.09. The number of hydrogen-bond acceptors (Lipinski definition) is 2. The van der Waals surface area contributed by atoms with Crippen molar-refractivity contribution in [2.45, 2.75) is 26.8 Å². The number of fused-ring (bicyclic) bond motifs is 1. The fourth-order valence-electron chi connectivity index (χ4n) is 1.78. The molecule has 2 aromatic rings. The van der Waals surface area contributed by atoms with Crippen molar-refractivity contribution in [2.24, 2.45) is 0 Å². The average molecular weight is 202 g/mol. The Hall–Kier alpha value is -1.64. The van der Waals surface area contributed by atoms with Gasteiger partial charge in [0.15, 0.2) is 0 Å². The monoisotopic (exact) mass is 202 g/mol. The summed E-state index contributed by atoms with van der Waals surface area (Å²) in [6.45, 7) is 6.02. The highest BCUT2D eigenvalue weighted by atomic mass is 16.1. The van der Waals surface area contributed by atoms with Gasteiger partial charge in [-0.3, -0.25) is 4.79 Å². The molecule has 0 saturated heterocycles. The van der Waals surface area contributed by atoms with E-state index in [1.165, 1.54) is 6.20 Å². The highest BCUT2D eigenvalue weighted by Crippen LogP contribution is 2.14. The van der Waals surface area contributed by atoms with Crippen molar-refractivity contribution in [3.05, 3.63) is 40.3 Å². The first-order valence-corrected chi connectivity index (χ1v) is 5.07. The van der Waals surface area contributed by atoms with Crippen molar-refractivity contribution in [1.29, 1.82) is 0 Å². The molecule has 0 radical (unpaired) electrons. The van der Waals surface area contributed by atoms with E-state index in [0.29, 0.717) is 0 Å². The molecule has 0 saturated carbocycles. The summed E-state index contributed by atoms with van der Waals surface area (Å²) in [6, 6.07) is 6.11. The predicted octanol–water partition coefficient (Wildman–Crippen LogP) is 2.29. The zero-order valence-corrected chi connectivity index (χ0v) is 9.19. The van der Waals surface area contributed by atoms with Crippen LogP contribution in [-0.4, -0.2) is 9.55 Å². The van der Waals surface area contributed by atoms with Crippen LogP contribution in [0.15, 0.2) is 29.2 Å². The van der Waals surface area contributed by atoms with Gasteiger partial charge >= 0.3 is 0 Å². The molecule has 0 N–H and O–H groups in total. The molecule has 0 bridgehead atoms. The van der Waals surface area contributed by atoms with Gasteiger partial charge in [-0.25, -0.2) is 4.98 Å². The van der Waals surface area contributed by atoms with Crippen molar-refractivity contribution < 1.29 is 0 Å². The Balaban J connectivity index is 2.88. The van der Waals surface area contributed by atoms with Gasteiger partial charge in [0.1, 0.15) is 0 Å². The average Bonchev–Trinajstić information content (AvgIpc) is 2.17. The van der Waals surface area contributed by atoms with Crippen LogP contribution < -0.4 is 5.56 Å². The van der Waals surface area contributed by atoms with E-state index in [2.05, 4.69) is 4.98 Å². The Labute approximate surface area is 88.4 Å². The normalized spacial score (nSPS) is 11.2. The molecule has 0 unspecified atom stereocenters. The number of aryl methyl sites for hydroxylation is 1. The van der Waals surface area contributed by atoms with Crippen molar-refractivity contribution >= 4 is 11.0 Å². The minimum Gasteiger partial charge on any atom is -0.303 e. The van der Waals surface area contributed by atoms with Crippen LogP contribution in [0, 0.1) is 6.92 Å². The molecule has 0 spiro atoms. The van der Waals surface area contributed by atoms with Gasteiger partial charge in [0.05, 0.1) is 17.2 Å². The summed E-state index contributed by atoms with van der Waals surface area (Å²) in [5.74, 6) is 0. The van der Waals surface area contributed by atoms with E-state index in [4.69, 9.17) is 0 Å². The molecule has 1 heterocycles. The van der Waals surface area contributed by atoms with E-state index in [0.717, 1.165) is 16.6 Å². The summed E-state index contributed by atoms with van der Waals surface area (Å²) in [6.07, 6.45) is 1.39. The second kappa shape index (κ2) is 3.50. The third-order valence-electron chi connectivity index (χ3n) is 2.46. The van der Waals surface area contributed by atoms with E-state index < -0.39 is 0 Å². The van der Waals surface area contributed by atoms with Gasteiger partial charge in [-0.2, -0.15) is 0 Å². The Morgan fingerprint density at radius 1 is 1.33 bits per heavy atom. The Morgan fingerprint density at radius 2 is 2.07 bits per heavy atom. The molecular formula is C12H14N2O. The number of hydrogen-bond donors (Lipinski definition) is 0. The van der Waals surface area contributed by atoms with Gasteiger partial charge in [-0.05, 0) is 38.5 Å². The van der Waals surface area contributed by atoms with Crippen LogP contribution in [0.2, 0.25) is 0 Å². The summed E-state index contributed by atoms with van der Waals surface area (Å²) < 4.78 is 1.77. The van der Waals surface area contributed by atoms with Gasteiger partial charge in [0, 0.05) is 6.04 Å². The number of nitrogens with zero attached hydrogens (tertiary/aromatic N) is 2. The van der Waals surface area contributed by atoms with Gasteiger partial charge in [0.2, 0.25) is 0 Å². The molecule has 3 nitrogen and oxygen atoms in total. The minimum absolute atomic E-state index is 0.0404. The van der Waals surface area contributed by atoms with Crippen LogP contribution in [0.3, 0.4) is 0 Å². The number of rotatable bonds is 1. The maximum atomic E-state index is 11.7. The van der Waals surface area contributed by atoms with E-state index in [9.17, 15) is 4.79 Å². The van der Waals surface area contributed by atoms with Crippen molar-refractivity contribution in [3.8, 4) is 0 Å². The maximum absolute atomic E-state index is 11.7. The molecule has 0 aliphatic heterocycles. The molecule has 3 heteroatoms. The maximum Gasteiger partial charge on any atom is 0.269 e. The Kier molecular flexibility index (Phi) is 2.31. The SMILES string of the molecule is Cc1ccc2c(c1)ncc(=O)n2C(C)C. The smallest absolute Gasteiger partial charge is 0.269 e. The zero-order valence-electron chi connectivity index (χ0n) is 9.19. The number of benzene rings is 1. The third-order valence-corrected chi connectivity index (χ3v) is 2.46. The quantitative estimate of drug-likeness (QED) is 0.711. The highest BCUT2D eigenvalue weighted by Gasteiger charge is 2.06. The fraction of sp³-hybridized carbons (Fsp3) is 0.333. The van der Waals surface area contributed by atoms with E-state index >= 15 is 0 Å². The molecule has 1 aromatic carbocycles. The summed E-state index contributed by atoms with van der Waals surface area (Å²) in [4.78, 5) is 15.8. The molecule has 0 amide bonds. The molecule has 78 valence electrons. The van der Waals surface area contributed by atoms with Crippen LogP contribution in [-0.2, 0) is 0 Å². The summed E-state index contributed by atoms with van der Waals surface area (Å²) >= 11 is 0. The molecule has 0 aliphatic carbocycles. The topological polar surface area (TPSA) is 34.9 Å². The van der Waals surface area contributed by atoms with Crippen molar-refractivity contribution in [3.63, 3.8) is 0 Å². The third kappa shape index (κ3) is 1.65. The lowest BCUT2D eigenvalue weighted by molar-refractivity contribution is 0.597. The molecule has 0 atom stereocenters. The first kappa shape index (κ1) is 9.90. The standard InChI is InChI=1S/C12H14N2O/c1-8(2)14-11-5-4-9(3)6-10(11)13-7-12(14)15/h4-8H,1-3H3. The summed E-state index contributed by atoms with van der Waals surface area (Å²) in [5.41, 5.74) is 2.90. The Bertz CT molecular complexity index is 555. The largest absolute Gasteiger partial charge is 0.303 e. The van der Waals surface area contributed by atoms with Crippen molar-refractivity contribution in [2.75, 3.05) is 0 Å². The second-order valence-electron chi connectivity index (χ2n) is 4.05. The van der Waals surface area contributed by atoms with E-state index in [1.54, 1.807) is 4.57 Å². The molecule has 0 fully saturated rings. The molecule has 0 aliphatic rings. The molecule has 2 rings (SSSR count). The molecule has 15 heavy (non-hydrogen) atoms. The predicted molar refractivity (Wildman–Crippen MR) is 61.1 cm³/mol. The van der Waals surface area contributed by atoms with Gasteiger partial charge < -0.3 is 4.57 Å². The van der Waals surface area contributed by atoms with Crippen LogP contribution in [0.25, 0.3) is 11.0 Å². The number of aromatic nitrogens is 2. The van der Waals surface area contributed by atoms with Crippen LogP contribution >= 0.6 is 0 Å². The lowest BCUT2D eigenvalue weighted by Crippen LogP contribution is -2.22. The molecular weight excluding hydrogens is 188 g/mol. The minimum atomic E-state index is -0.0404. The summed E-state index contributed by atoms with van der Waals surface area (Å²) in [7, 11) is 0. The van der Waals surface area contributed by atoms with Gasteiger partial charge in [0.25, 0.3) is 5.56 Å². The van der Waals surface area contributed by atoms with Gasteiger partial charge in [-0.1, -0.05) is 6.07 Å². The van der Waals surface area contributed by atoms with Crippen LogP contribution in [0.4, 0.5) is 0 Å². The highest BCUT2D eigenvalue weighted by molar-refractivity contribution is 5.75.